The first-order valence-electron chi connectivity index (χ1n) is 7.07. The summed E-state index contributed by atoms with van der Waals surface area (Å²) in [5.74, 6) is 1.09. The van der Waals surface area contributed by atoms with Crippen LogP contribution in [-0.2, 0) is 6.42 Å². The van der Waals surface area contributed by atoms with Gasteiger partial charge in [-0.25, -0.2) is 4.39 Å². The van der Waals surface area contributed by atoms with Gasteiger partial charge in [0.1, 0.15) is 0 Å². The predicted molar refractivity (Wildman–Crippen MR) is 75.8 cm³/mol. The second-order valence-electron chi connectivity index (χ2n) is 6.04. The Bertz CT molecular complexity index is 448. The van der Waals surface area contributed by atoms with E-state index < -0.39 is 0 Å². The van der Waals surface area contributed by atoms with Gasteiger partial charge in [-0.05, 0) is 42.4 Å². The third-order valence-electron chi connectivity index (χ3n) is 4.81. The Balaban J connectivity index is 2.17. The molecule has 106 valence electrons. The highest BCUT2D eigenvalue weighted by Gasteiger charge is 2.38. The van der Waals surface area contributed by atoms with Crippen molar-refractivity contribution in [3.8, 4) is 5.75 Å². The summed E-state index contributed by atoms with van der Waals surface area (Å²) in [6.45, 7) is 4.49. The molecule has 0 radical (unpaired) electrons. The van der Waals surface area contributed by atoms with Gasteiger partial charge in [-0.1, -0.05) is 32.8 Å². The SMILES string of the molecule is COc1ccc(CC2(N)CCCC(C)C2C)cc1F. The highest BCUT2D eigenvalue weighted by molar-refractivity contribution is 5.30. The first-order chi connectivity index (χ1) is 8.96. The molecule has 1 saturated carbocycles. The molecule has 0 bridgehead atoms. The van der Waals surface area contributed by atoms with Gasteiger partial charge in [-0.15, -0.1) is 0 Å². The molecule has 0 aliphatic heterocycles. The third-order valence-corrected chi connectivity index (χ3v) is 4.81. The van der Waals surface area contributed by atoms with E-state index in [-0.39, 0.29) is 11.4 Å². The van der Waals surface area contributed by atoms with Crippen molar-refractivity contribution in [3.05, 3.63) is 29.6 Å². The lowest BCUT2D eigenvalue weighted by Gasteiger charge is -2.43. The minimum atomic E-state index is -0.305. The average Bonchev–Trinajstić information content (AvgIpc) is 2.36. The highest BCUT2D eigenvalue weighted by atomic mass is 19.1. The molecule has 1 aromatic rings. The number of methoxy groups -OCH3 is 1. The van der Waals surface area contributed by atoms with E-state index >= 15 is 0 Å². The van der Waals surface area contributed by atoms with Crippen LogP contribution in [0.2, 0.25) is 0 Å². The molecule has 3 unspecified atom stereocenters. The van der Waals surface area contributed by atoms with Gasteiger partial charge in [0.2, 0.25) is 0 Å². The van der Waals surface area contributed by atoms with Crippen LogP contribution in [0.5, 0.6) is 5.75 Å². The maximum Gasteiger partial charge on any atom is 0.165 e. The van der Waals surface area contributed by atoms with Crippen LogP contribution in [0.25, 0.3) is 0 Å². The third kappa shape index (κ3) is 2.92. The lowest BCUT2D eigenvalue weighted by atomic mass is 9.66. The molecule has 2 nitrogen and oxygen atoms in total. The summed E-state index contributed by atoms with van der Waals surface area (Å²) in [6, 6.07) is 5.16. The van der Waals surface area contributed by atoms with Crippen LogP contribution < -0.4 is 10.5 Å². The molecule has 3 atom stereocenters. The molecular formula is C16H24FNO. The number of ether oxygens (including phenoxy) is 1. The van der Waals surface area contributed by atoms with E-state index in [0.29, 0.717) is 17.6 Å². The van der Waals surface area contributed by atoms with Gasteiger partial charge in [0.05, 0.1) is 7.11 Å². The first-order valence-corrected chi connectivity index (χ1v) is 7.07. The molecule has 1 aromatic carbocycles. The minimum absolute atomic E-state index is 0.210. The van der Waals surface area contributed by atoms with Gasteiger partial charge in [0.25, 0.3) is 0 Å². The van der Waals surface area contributed by atoms with Crippen LogP contribution in [0.15, 0.2) is 18.2 Å². The van der Waals surface area contributed by atoms with Crippen molar-refractivity contribution in [2.24, 2.45) is 17.6 Å². The zero-order valence-electron chi connectivity index (χ0n) is 12.1. The summed E-state index contributed by atoms with van der Waals surface area (Å²) in [5, 5.41) is 0. The zero-order chi connectivity index (χ0) is 14.0. The molecule has 0 heterocycles. The van der Waals surface area contributed by atoms with E-state index in [1.54, 1.807) is 12.1 Å². The second-order valence-corrected chi connectivity index (χ2v) is 6.04. The Morgan fingerprint density at radius 1 is 1.42 bits per heavy atom. The molecule has 1 fully saturated rings. The van der Waals surface area contributed by atoms with E-state index in [9.17, 15) is 4.39 Å². The molecule has 2 N–H and O–H groups in total. The maximum atomic E-state index is 13.7. The van der Waals surface area contributed by atoms with Crippen LogP contribution in [-0.4, -0.2) is 12.6 Å². The summed E-state index contributed by atoms with van der Waals surface area (Å²) in [4.78, 5) is 0. The number of hydrogen-bond acceptors (Lipinski definition) is 2. The van der Waals surface area contributed by atoms with E-state index in [1.807, 2.05) is 6.07 Å². The fourth-order valence-corrected chi connectivity index (χ4v) is 3.25. The molecule has 2 rings (SSSR count). The van der Waals surface area contributed by atoms with Crippen molar-refractivity contribution in [2.45, 2.75) is 45.1 Å². The van der Waals surface area contributed by atoms with Crippen molar-refractivity contribution in [2.75, 3.05) is 7.11 Å². The van der Waals surface area contributed by atoms with E-state index in [2.05, 4.69) is 13.8 Å². The van der Waals surface area contributed by atoms with E-state index in [0.717, 1.165) is 18.4 Å². The molecule has 1 aliphatic carbocycles. The summed E-state index contributed by atoms with van der Waals surface area (Å²) in [6.07, 6.45) is 4.17. The minimum Gasteiger partial charge on any atom is -0.494 e. The number of benzene rings is 1. The Morgan fingerprint density at radius 3 is 2.79 bits per heavy atom. The number of halogens is 1. The second kappa shape index (κ2) is 5.49. The number of rotatable bonds is 3. The van der Waals surface area contributed by atoms with Crippen molar-refractivity contribution >= 4 is 0 Å². The molecule has 0 saturated heterocycles. The van der Waals surface area contributed by atoms with Crippen LogP contribution in [0.3, 0.4) is 0 Å². The normalized spacial score (nSPS) is 31.2. The molecule has 0 amide bonds. The lowest BCUT2D eigenvalue weighted by molar-refractivity contribution is 0.143. The summed E-state index contributed by atoms with van der Waals surface area (Å²) < 4.78 is 18.7. The van der Waals surface area contributed by atoms with E-state index in [1.165, 1.54) is 20.0 Å². The molecule has 3 heteroatoms. The average molecular weight is 265 g/mol. The van der Waals surface area contributed by atoms with Gasteiger partial charge in [-0.3, -0.25) is 0 Å². The fourth-order valence-electron chi connectivity index (χ4n) is 3.25. The Morgan fingerprint density at radius 2 is 2.16 bits per heavy atom. The molecule has 0 spiro atoms. The van der Waals surface area contributed by atoms with Crippen molar-refractivity contribution in [1.29, 1.82) is 0 Å². The van der Waals surface area contributed by atoms with Crippen molar-refractivity contribution in [3.63, 3.8) is 0 Å². The predicted octanol–water partition coefficient (Wildman–Crippen LogP) is 3.53. The molecule has 0 aromatic heterocycles. The lowest BCUT2D eigenvalue weighted by Crippen LogP contribution is -2.52. The maximum absolute atomic E-state index is 13.7. The van der Waals surface area contributed by atoms with Crippen molar-refractivity contribution in [1.82, 2.24) is 0 Å². The fraction of sp³-hybridized carbons (Fsp3) is 0.625. The standard InChI is InChI=1S/C16H24FNO/c1-11-5-4-8-16(18,12(11)2)10-13-6-7-15(19-3)14(17)9-13/h6-7,9,11-12H,4-5,8,10,18H2,1-3H3. The van der Waals surface area contributed by atoms with Crippen LogP contribution in [0, 0.1) is 17.7 Å². The summed E-state index contributed by atoms with van der Waals surface area (Å²) >= 11 is 0. The molecule has 19 heavy (non-hydrogen) atoms. The van der Waals surface area contributed by atoms with Gasteiger partial charge in [-0.2, -0.15) is 0 Å². The largest absolute Gasteiger partial charge is 0.494 e. The monoisotopic (exact) mass is 265 g/mol. The Labute approximate surface area is 115 Å². The van der Waals surface area contributed by atoms with Gasteiger partial charge >= 0.3 is 0 Å². The van der Waals surface area contributed by atoms with Crippen LogP contribution >= 0.6 is 0 Å². The number of hydrogen-bond donors (Lipinski definition) is 1. The Kier molecular flexibility index (Phi) is 4.14. The van der Waals surface area contributed by atoms with Crippen LogP contribution in [0.1, 0.15) is 38.7 Å². The molecular weight excluding hydrogens is 241 g/mol. The number of nitrogens with two attached hydrogens (primary N) is 1. The van der Waals surface area contributed by atoms with Gasteiger partial charge < -0.3 is 10.5 Å². The van der Waals surface area contributed by atoms with E-state index in [4.69, 9.17) is 10.5 Å². The topological polar surface area (TPSA) is 35.2 Å². The smallest absolute Gasteiger partial charge is 0.165 e. The van der Waals surface area contributed by atoms with Crippen molar-refractivity contribution < 1.29 is 9.13 Å². The first kappa shape index (κ1) is 14.3. The summed E-state index contributed by atoms with van der Waals surface area (Å²) in [5.41, 5.74) is 7.34. The Hall–Kier alpha value is -1.09. The zero-order valence-corrected chi connectivity index (χ0v) is 12.1. The van der Waals surface area contributed by atoms with Gasteiger partial charge in [0, 0.05) is 5.54 Å². The summed E-state index contributed by atoms with van der Waals surface area (Å²) in [7, 11) is 1.48. The quantitative estimate of drug-likeness (QED) is 0.907. The highest BCUT2D eigenvalue weighted by Crippen LogP contribution is 2.38. The van der Waals surface area contributed by atoms with Gasteiger partial charge in [0.15, 0.2) is 11.6 Å². The van der Waals surface area contributed by atoms with Crippen LogP contribution in [0.4, 0.5) is 4.39 Å². The molecule has 1 aliphatic rings.